The molecule has 4 nitrogen and oxygen atoms in total. The molecule has 4 atom stereocenters. The number of halogens is 1. The number of carboxylic acids is 1. The minimum atomic E-state index is -0.763. The Morgan fingerprint density at radius 1 is 1.39 bits per heavy atom. The maximum Gasteiger partial charge on any atom is 0.303 e. The van der Waals surface area contributed by atoms with Gasteiger partial charge in [-0.3, -0.25) is 4.79 Å². The van der Waals surface area contributed by atoms with Crippen molar-refractivity contribution in [3.8, 4) is 0 Å². The van der Waals surface area contributed by atoms with Crippen LogP contribution in [0.1, 0.15) is 54.7 Å². The highest BCUT2D eigenvalue weighted by atomic mass is 35.5. The second-order valence-electron chi connectivity index (χ2n) is 7.57. The van der Waals surface area contributed by atoms with Gasteiger partial charge in [0.05, 0.1) is 17.2 Å². The quantitative estimate of drug-likeness (QED) is 0.338. The Labute approximate surface area is 176 Å². The van der Waals surface area contributed by atoms with Crippen LogP contribution in [0.15, 0.2) is 30.4 Å². The van der Waals surface area contributed by atoms with E-state index in [9.17, 15) is 15.0 Å². The fourth-order valence-corrected chi connectivity index (χ4v) is 4.95. The van der Waals surface area contributed by atoms with Crippen molar-refractivity contribution in [2.45, 2.75) is 70.5 Å². The lowest BCUT2D eigenvalue weighted by molar-refractivity contribution is -0.137. The summed E-state index contributed by atoms with van der Waals surface area (Å²) >= 11 is 7.76. The zero-order valence-corrected chi connectivity index (χ0v) is 18.0. The van der Waals surface area contributed by atoms with Gasteiger partial charge in [0.15, 0.2) is 0 Å². The number of aliphatic carboxylic acids is 1. The number of carbonyl (C=O) groups is 1. The van der Waals surface area contributed by atoms with Gasteiger partial charge in [-0.05, 0) is 69.8 Å². The van der Waals surface area contributed by atoms with E-state index in [-0.39, 0.29) is 24.4 Å². The normalized spacial score (nSPS) is 23.8. The molecule has 156 valence electrons. The molecular weight excluding hydrogens is 396 g/mol. The van der Waals surface area contributed by atoms with Crippen LogP contribution in [0.3, 0.4) is 0 Å². The summed E-state index contributed by atoms with van der Waals surface area (Å²) in [4.78, 5) is 12.8. The van der Waals surface area contributed by atoms with Crippen molar-refractivity contribution < 1.29 is 20.1 Å². The van der Waals surface area contributed by atoms with Gasteiger partial charge >= 0.3 is 5.97 Å². The maximum absolute atomic E-state index is 10.5. The second kappa shape index (κ2) is 11.8. The first kappa shape index (κ1) is 23.1. The number of carboxylic acid groups (broad SMARTS) is 1. The van der Waals surface area contributed by atoms with Crippen LogP contribution < -0.4 is 0 Å². The number of aryl methyl sites for hydroxylation is 2. The summed E-state index contributed by atoms with van der Waals surface area (Å²) in [6.07, 6.45) is 12.8. The Balaban J connectivity index is 1.76. The molecule has 6 heteroatoms. The molecule has 1 aliphatic carbocycles. The molecule has 0 aliphatic heterocycles. The van der Waals surface area contributed by atoms with E-state index in [2.05, 4.69) is 12.2 Å². The smallest absolute Gasteiger partial charge is 0.303 e. The van der Waals surface area contributed by atoms with E-state index in [0.717, 1.165) is 42.0 Å². The molecule has 0 bridgehead atoms. The highest BCUT2D eigenvalue weighted by Crippen LogP contribution is 2.36. The van der Waals surface area contributed by atoms with Crippen molar-refractivity contribution in [1.82, 2.24) is 0 Å². The van der Waals surface area contributed by atoms with Crippen molar-refractivity contribution in [2.24, 2.45) is 11.8 Å². The molecule has 1 aromatic heterocycles. The topological polar surface area (TPSA) is 77.8 Å². The lowest BCUT2D eigenvalue weighted by atomic mass is 9.90. The van der Waals surface area contributed by atoms with E-state index in [1.807, 2.05) is 25.1 Å². The number of hydrogen-bond donors (Lipinski definition) is 3. The van der Waals surface area contributed by atoms with E-state index in [1.165, 1.54) is 4.88 Å². The predicted octanol–water partition coefficient (Wildman–Crippen LogP) is 5.15. The summed E-state index contributed by atoms with van der Waals surface area (Å²) in [5.74, 6) is -0.328. The van der Waals surface area contributed by atoms with Gasteiger partial charge in [-0.15, -0.1) is 11.3 Å². The molecule has 0 spiro atoms. The average Bonchev–Trinajstić information content (AvgIpc) is 3.16. The van der Waals surface area contributed by atoms with E-state index < -0.39 is 12.1 Å². The van der Waals surface area contributed by atoms with E-state index >= 15 is 0 Å². The van der Waals surface area contributed by atoms with Crippen LogP contribution in [-0.4, -0.2) is 33.5 Å². The number of thiophene rings is 1. The third-order valence-electron chi connectivity index (χ3n) is 5.35. The Morgan fingerprint density at radius 3 is 2.86 bits per heavy atom. The zero-order chi connectivity index (χ0) is 20.5. The number of aliphatic hydroxyl groups is 2. The molecular formula is C22H31ClO4S. The van der Waals surface area contributed by atoms with Gasteiger partial charge in [0.25, 0.3) is 0 Å². The van der Waals surface area contributed by atoms with Crippen LogP contribution in [-0.2, 0) is 11.2 Å². The largest absolute Gasteiger partial charge is 0.481 e. The third kappa shape index (κ3) is 7.70. The summed E-state index contributed by atoms with van der Waals surface area (Å²) in [5, 5.41) is 30.0. The maximum atomic E-state index is 10.5. The molecule has 1 unspecified atom stereocenters. The molecule has 1 fully saturated rings. The first-order valence-electron chi connectivity index (χ1n) is 10.0. The summed E-state index contributed by atoms with van der Waals surface area (Å²) in [7, 11) is 0. The molecule has 1 aromatic rings. The zero-order valence-electron chi connectivity index (χ0n) is 16.4. The summed E-state index contributed by atoms with van der Waals surface area (Å²) < 4.78 is 0. The van der Waals surface area contributed by atoms with Crippen molar-refractivity contribution in [3.05, 3.63) is 45.1 Å². The van der Waals surface area contributed by atoms with Crippen LogP contribution in [0.25, 0.3) is 0 Å². The van der Waals surface area contributed by atoms with Crippen LogP contribution in [0.4, 0.5) is 0 Å². The number of hydrogen-bond acceptors (Lipinski definition) is 4. The molecule has 0 amide bonds. The Morgan fingerprint density at radius 2 is 2.18 bits per heavy atom. The molecule has 3 N–H and O–H groups in total. The minimum absolute atomic E-state index is 0.165. The van der Waals surface area contributed by atoms with Crippen molar-refractivity contribution in [3.63, 3.8) is 0 Å². The molecule has 28 heavy (non-hydrogen) atoms. The lowest BCUT2D eigenvalue weighted by Gasteiger charge is -2.18. The number of rotatable bonds is 11. The second-order valence-corrected chi connectivity index (χ2v) is 9.32. The van der Waals surface area contributed by atoms with Crippen molar-refractivity contribution >= 4 is 28.9 Å². The molecule has 2 rings (SSSR count). The van der Waals surface area contributed by atoms with Crippen LogP contribution in [0.5, 0.6) is 0 Å². The van der Waals surface area contributed by atoms with Crippen LogP contribution in [0, 0.1) is 18.8 Å². The van der Waals surface area contributed by atoms with Gasteiger partial charge in [0.1, 0.15) is 0 Å². The molecule has 1 aliphatic rings. The molecule has 0 aromatic carbocycles. The summed E-state index contributed by atoms with van der Waals surface area (Å²) in [5.41, 5.74) is 0. The summed E-state index contributed by atoms with van der Waals surface area (Å²) in [6.45, 7) is 2.00. The van der Waals surface area contributed by atoms with E-state index in [1.54, 1.807) is 11.3 Å². The monoisotopic (exact) mass is 426 g/mol. The van der Waals surface area contributed by atoms with Gasteiger partial charge in [0.2, 0.25) is 0 Å². The van der Waals surface area contributed by atoms with Crippen LogP contribution >= 0.6 is 22.9 Å². The average molecular weight is 427 g/mol. The van der Waals surface area contributed by atoms with Gasteiger partial charge < -0.3 is 15.3 Å². The highest BCUT2D eigenvalue weighted by Gasteiger charge is 2.32. The van der Waals surface area contributed by atoms with Gasteiger partial charge in [-0.1, -0.05) is 35.9 Å². The van der Waals surface area contributed by atoms with Gasteiger partial charge in [0, 0.05) is 16.2 Å². The minimum Gasteiger partial charge on any atom is -0.481 e. The molecule has 1 heterocycles. The first-order chi connectivity index (χ1) is 13.4. The van der Waals surface area contributed by atoms with Crippen molar-refractivity contribution in [1.29, 1.82) is 0 Å². The van der Waals surface area contributed by atoms with Crippen molar-refractivity contribution in [2.75, 3.05) is 0 Å². The number of unbranched alkanes of at least 4 members (excludes halogenated alkanes) is 1. The summed E-state index contributed by atoms with van der Waals surface area (Å²) in [6, 6.07) is 1.98. The third-order valence-corrected chi connectivity index (χ3v) is 6.97. The number of allylic oxidation sites excluding steroid dienone is 3. The Kier molecular flexibility index (Phi) is 9.72. The molecule has 0 radical (unpaired) electrons. The highest BCUT2D eigenvalue weighted by molar-refractivity contribution is 7.12. The first-order valence-corrected chi connectivity index (χ1v) is 11.2. The number of aliphatic hydroxyl groups excluding tert-OH is 2. The van der Waals surface area contributed by atoms with Gasteiger partial charge in [-0.25, -0.2) is 0 Å². The SMILES string of the molecule is Cc1sc(CC[C@H](O)/C=C/[C@H]2CCC(O)[C@@H]2C/C=C\CCCC(=O)O)cc1Cl. The Hall–Kier alpha value is -1.14. The van der Waals surface area contributed by atoms with E-state index in [0.29, 0.717) is 12.8 Å². The van der Waals surface area contributed by atoms with Crippen LogP contribution in [0.2, 0.25) is 5.02 Å². The Bertz CT molecular complexity index is 663. The van der Waals surface area contributed by atoms with E-state index in [4.69, 9.17) is 16.7 Å². The van der Waals surface area contributed by atoms with Gasteiger partial charge in [-0.2, -0.15) is 0 Å². The predicted molar refractivity (Wildman–Crippen MR) is 115 cm³/mol. The molecule has 0 saturated heterocycles. The fourth-order valence-electron chi connectivity index (χ4n) is 3.69. The molecule has 1 saturated carbocycles. The standard InChI is InChI=1S/C22H31ClO4S/c1-15-20(23)14-18(28-15)12-11-17(24)10-8-16-9-13-21(25)19(16)6-4-2-3-5-7-22(26)27/h2,4,8,10,14,16-17,19,21,24-25H,3,5-7,9,11-13H2,1H3,(H,26,27)/b4-2-,10-8+/t16-,17+,19+,21?/m0/s1. The fraction of sp³-hybridized carbons (Fsp3) is 0.591. The lowest BCUT2D eigenvalue weighted by Crippen LogP contribution is -2.17.